The van der Waals surface area contributed by atoms with Crippen molar-refractivity contribution < 1.29 is 4.79 Å². The van der Waals surface area contributed by atoms with E-state index in [0.717, 1.165) is 13.0 Å². The Kier molecular flexibility index (Phi) is 4.47. The van der Waals surface area contributed by atoms with E-state index in [1.165, 1.54) is 10.4 Å². The Morgan fingerprint density at radius 1 is 1.36 bits per heavy atom. The highest BCUT2D eigenvalue weighted by molar-refractivity contribution is 7.80. The molecule has 1 amide bonds. The average Bonchev–Trinajstić information content (AvgIpc) is 2.97. The molecular weight excluding hydrogens is 336 g/mol. The Bertz CT molecular complexity index is 711. The molecule has 1 N–H and O–H groups in total. The lowest BCUT2D eigenvalue weighted by atomic mass is 10.0. The van der Waals surface area contributed by atoms with Crippen molar-refractivity contribution >= 4 is 46.2 Å². The zero-order valence-corrected chi connectivity index (χ0v) is 14.4. The summed E-state index contributed by atoms with van der Waals surface area (Å²) < 4.78 is 0. The van der Waals surface area contributed by atoms with Gasteiger partial charge in [0.05, 0.1) is 6.04 Å². The summed E-state index contributed by atoms with van der Waals surface area (Å²) in [7, 11) is 0. The Morgan fingerprint density at radius 2 is 2.09 bits per heavy atom. The third kappa shape index (κ3) is 3.02. The van der Waals surface area contributed by atoms with Crippen LogP contribution in [-0.4, -0.2) is 22.5 Å². The van der Waals surface area contributed by atoms with Crippen molar-refractivity contribution in [1.82, 2.24) is 10.2 Å². The number of thiocarbonyl (C=S) groups is 1. The SMILES string of the molecule is C[C@@H]1c2ccsc2CCN1C(=S)NC(=O)c1ccc(Cl)cc1. The van der Waals surface area contributed by atoms with E-state index in [1.54, 1.807) is 35.6 Å². The Balaban J connectivity index is 1.70. The van der Waals surface area contributed by atoms with Crippen LogP contribution in [0.15, 0.2) is 35.7 Å². The van der Waals surface area contributed by atoms with Crippen molar-refractivity contribution in [3.8, 4) is 0 Å². The quantitative estimate of drug-likeness (QED) is 0.788. The van der Waals surface area contributed by atoms with Crippen LogP contribution in [0, 0.1) is 0 Å². The van der Waals surface area contributed by atoms with Crippen molar-refractivity contribution in [2.24, 2.45) is 0 Å². The van der Waals surface area contributed by atoms with E-state index in [9.17, 15) is 4.79 Å². The third-order valence-corrected chi connectivity index (χ3v) is 5.45. The summed E-state index contributed by atoms with van der Waals surface area (Å²) in [4.78, 5) is 15.7. The summed E-state index contributed by atoms with van der Waals surface area (Å²) in [6, 6.07) is 9.10. The highest BCUT2D eigenvalue weighted by Gasteiger charge is 2.27. The van der Waals surface area contributed by atoms with Crippen LogP contribution >= 0.6 is 35.2 Å². The molecule has 0 bridgehead atoms. The largest absolute Gasteiger partial charge is 0.342 e. The molecule has 1 atom stereocenters. The number of rotatable bonds is 1. The molecule has 1 aliphatic rings. The lowest BCUT2D eigenvalue weighted by molar-refractivity contribution is 0.0971. The fourth-order valence-electron chi connectivity index (χ4n) is 2.63. The van der Waals surface area contributed by atoms with E-state index in [-0.39, 0.29) is 11.9 Å². The van der Waals surface area contributed by atoms with E-state index < -0.39 is 0 Å². The number of hydrogen-bond donors (Lipinski definition) is 1. The molecule has 1 aromatic heterocycles. The van der Waals surface area contributed by atoms with Crippen LogP contribution in [0.2, 0.25) is 5.02 Å². The van der Waals surface area contributed by atoms with Crippen molar-refractivity contribution in [2.45, 2.75) is 19.4 Å². The van der Waals surface area contributed by atoms with Crippen molar-refractivity contribution in [2.75, 3.05) is 6.54 Å². The van der Waals surface area contributed by atoms with Crippen LogP contribution < -0.4 is 5.32 Å². The molecule has 0 spiro atoms. The van der Waals surface area contributed by atoms with Gasteiger partial charge in [0.15, 0.2) is 5.11 Å². The van der Waals surface area contributed by atoms with Gasteiger partial charge in [0.2, 0.25) is 0 Å². The van der Waals surface area contributed by atoms with Gasteiger partial charge in [-0.1, -0.05) is 11.6 Å². The molecule has 3 rings (SSSR count). The molecule has 3 nitrogen and oxygen atoms in total. The van der Waals surface area contributed by atoms with E-state index in [1.807, 2.05) is 0 Å². The molecule has 1 aromatic carbocycles. The molecule has 6 heteroatoms. The molecule has 0 aliphatic carbocycles. The van der Waals surface area contributed by atoms with Crippen LogP contribution in [0.4, 0.5) is 0 Å². The number of amides is 1. The average molecular weight is 351 g/mol. The summed E-state index contributed by atoms with van der Waals surface area (Å²) >= 11 is 13.0. The van der Waals surface area contributed by atoms with Gasteiger partial charge in [-0.25, -0.2) is 0 Å². The van der Waals surface area contributed by atoms with Gasteiger partial charge in [-0.05, 0) is 66.8 Å². The Morgan fingerprint density at radius 3 is 2.82 bits per heavy atom. The number of carbonyl (C=O) groups excluding carboxylic acids is 1. The fraction of sp³-hybridized carbons (Fsp3) is 0.250. The zero-order chi connectivity index (χ0) is 15.7. The predicted octanol–water partition coefficient (Wildman–Crippen LogP) is 4.04. The molecular formula is C16H15ClN2OS2. The minimum absolute atomic E-state index is 0.188. The minimum atomic E-state index is -0.204. The van der Waals surface area contributed by atoms with Crippen molar-refractivity contribution in [3.05, 3.63) is 56.7 Å². The highest BCUT2D eigenvalue weighted by Crippen LogP contribution is 2.32. The van der Waals surface area contributed by atoms with Crippen LogP contribution in [-0.2, 0) is 6.42 Å². The highest BCUT2D eigenvalue weighted by atomic mass is 35.5. The minimum Gasteiger partial charge on any atom is -0.342 e. The van der Waals surface area contributed by atoms with E-state index in [0.29, 0.717) is 15.7 Å². The van der Waals surface area contributed by atoms with Gasteiger partial charge < -0.3 is 4.90 Å². The van der Waals surface area contributed by atoms with Crippen molar-refractivity contribution in [1.29, 1.82) is 0 Å². The topological polar surface area (TPSA) is 32.3 Å². The third-order valence-electron chi connectivity index (χ3n) is 3.86. The Hall–Kier alpha value is -1.43. The molecule has 114 valence electrons. The smallest absolute Gasteiger partial charge is 0.257 e. The number of fused-ring (bicyclic) bond motifs is 1. The summed E-state index contributed by atoms with van der Waals surface area (Å²) in [5, 5.41) is 6.01. The van der Waals surface area contributed by atoms with Gasteiger partial charge in [0, 0.05) is 22.0 Å². The molecule has 22 heavy (non-hydrogen) atoms. The lowest BCUT2D eigenvalue weighted by Crippen LogP contribution is -2.46. The first-order valence-corrected chi connectivity index (χ1v) is 8.66. The molecule has 2 aromatic rings. The van der Waals surface area contributed by atoms with E-state index >= 15 is 0 Å². The zero-order valence-electron chi connectivity index (χ0n) is 12.0. The second kappa shape index (κ2) is 6.36. The molecule has 0 saturated carbocycles. The van der Waals surface area contributed by atoms with Crippen molar-refractivity contribution in [3.63, 3.8) is 0 Å². The molecule has 0 radical (unpaired) electrons. The molecule has 1 aliphatic heterocycles. The first-order valence-electron chi connectivity index (χ1n) is 7.00. The molecule has 0 unspecified atom stereocenters. The predicted molar refractivity (Wildman–Crippen MR) is 94.7 cm³/mol. The fourth-order valence-corrected chi connectivity index (χ4v) is 4.06. The maximum absolute atomic E-state index is 12.2. The first kappa shape index (κ1) is 15.5. The van der Waals surface area contributed by atoms with Crippen LogP contribution in [0.1, 0.15) is 33.8 Å². The standard InChI is InChI=1S/C16H15ClN2OS2/c1-10-13-7-9-22-14(13)6-8-19(10)16(21)18-15(20)11-2-4-12(17)5-3-11/h2-5,7,9-10H,6,8H2,1H3,(H,18,20,21)/t10-/m1/s1. The summed E-state index contributed by atoms with van der Waals surface area (Å²) in [5.41, 5.74) is 1.85. The normalized spacial score (nSPS) is 17.0. The molecule has 0 saturated heterocycles. The van der Waals surface area contributed by atoms with Gasteiger partial charge in [-0.15, -0.1) is 11.3 Å². The maximum atomic E-state index is 12.2. The van der Waals surface area contributed by atoms with E-state index in [2.05, 4.69) is 28.6 Å². The number of nitrogens with zero attached hydrogens (tertiary/aromatic N) is 1. The van der Waals surface area contributed by atoms with Gasteiger partial charge >= 0.3 is 0 Å². The summed E-state index contributed by atoms with van der Waals surface area (Å²) in [6.45, 7) is 2.94. The number of nitrogens with one attached hydrogen (secondary N) is 1. The maximum Gasteiger partial charge on any atom is 0.257 e. The summed E-state index contributed by atoms with van der Waals surface area (Å²) in [5.74, 6) is -0.204. The monoisotopic (exact) mass is 350 g/mol. The van der Waals surface area contributed by atoms with Gasteiger partial charge in [0.25, 0.3) is 5.91 Å². The second-order valence-corrected chi connectivity index (χ2v) is 7.01. The number of hydrogen-bond acceptors (Lipinski definition) is 3. The number of benzene rings is 1. The Labute approximate surface area is 143 Å². The number of halogens is 1. The lowest BCUT2D eigenvalue weighted by Gasteiger charge is -2.35. The van der Waals surface area contributed by atoms with Crippen LogP contribution in [0.5, 0.6) is 0 Å². The second-order valence-electron chi connectivity index (χ2n) is 5.18. The van der Waals surface area contributed by atoms with Crippen LogP contribution in [0.25, 0.3) is 0 Å². The molecule has 0 fully saturated rings. The van der Waals surface area contributed by atoms with Gasteiger partial charge in [0.1, 0.15) is 0 Å². The number of carbonyl (C=O) groups is 1. The van der Waals surface area contributed by atoms with Gasteiger partial charge in [-0.2, -0.15) is 0 Å². The van der Waals surface area contributed by atoms with Gasteiger partial charge in [-0.3, -0.25) is 10.1 Å². The summed E-state index contributed by atoms with van der Waals surface area (Å²) in [6.07, 6.45) is 0.967. The first-order chi connectivity index (χ1) is 10.6. The number of thiophene rings is 1. The van der Waals surface area contributed by atoms with E-state index in [4.69, 9.17) is 23.8 Å². The van der Waals surface area contributed by atoms with Crippen LogP contribution in [0.3, 0.4) is 0 Å². The molecule has 2 heterocycles.